The van der Waals surface area contributed by atoms with Gasteiger partial charge < -0.3 is 15.0 Å². The van der Waals surface area contributed by atoms with E-state index >= 15 is 0 Å². The van der Waals surface area contributed by atoms with Crippen LogP contribution >= 0.6 is 11.3 Å². The summed E-state index contributed by atoms with van der Waals surface area (Å²) in [6.45, 7) is 6.84. The largest absolute Gasteiger partial charge is 0.381 e. The smallest absolute Gasteiger partial charge is 0.261 e. The maximum Gasteiger partial charge on any atom is 0.261 e. The molecule has 6 heteroatoms. The Balaban J connectivity index is 1.80. The van der Waals surface area contributed by atoms with Crippen molar-refractivity contribution in [3.05, 3.63) is 21.9 Å². The minimum atomic E-state index is -0.179. The number of nitrogens with zero attached hydrogens (tertiary/aromatic N) is 1. The minimum absolute atomic E-state index is 0.0361. The van der Waals surface area contributed by atoms with Gasteiger partial charge in [-0.2, -0.15) is 0 Å². The average molecular weight is 310 g/mol. The zero-order valence-electron chi connectivity index (χ0n) is 12.6. The highest BCUT2D eigenvalue weighted by atomic mass is 32.1. The van der Waals surface area contributed by atoms with Crippen molar-refractivity contribution in [3.8, 4) is 0 Å². The number of likely N-dealkylation sites (N-methyl/N-ethyl adjacent to an activating group) is 1. The van der Waals surface area contributed by atoms with Crippen LogP contribution in [-0.4, -0.2) is 49.6 Å². The molecule has 0 aliphatic carbocycles. The highest BCUT2D eigenvalue weighted by Crippen LogP contribution is 2.15. The Hall–Kier alpha value is -1.40. The van der Waals surface area contributed by atoms with E-state index in [0.29, 0.717) is 23.9 Å². The fourth-order valence-electron chi connectivity index (χ4n) is 2.36. The van der Waals surface area contributed by atoms with Gasteiger partial charge in [0.2, 0.25) is 5.91 Å². The quantitative estimate of drug-likeness (QED) is 0.869. The van der Waals surface area contributed by atoms with E-state index in [2.05, 4.69) is 5.32 Å². The van der Waals surface area contributed by atoms with Crippen LogP contribution in [0.25, 0.3) is 0 Å². The maximum absolute atomic E-state index is 12.2. The Morgan fingerprint density at radius 2 is 2.29 bits per heavy atom. The number of carbonyl (C=O) groups is 2. The molecular weight excluding hydrogens is 288 g/mol. The molecule has 2 amide bonds. The Labute approximate surface area is 129 Å². The molecule has 0 aromatic carbocycles. The molecule has 1 saturated heterocycles. The normalized spacial score (nSPS) is 17.7. The first-order valence-electron chi connectivity index (χ1n) is 7.30. The molecule has 1 atom stereocenters. The van der Waals surface area contributed by atoms with E-state index in [1.165, 1.54) is 11.3 Å². The van der Waals surface area contributed by atoms with E-state index in [9.17, 15) is 9.59 Å². The first kappa shape index (κ1) is 16.0. The molecule has 1 aliphatic rings. The fourth-order valence-corrected chi connectivity index (χ4v) is 3.14. The monoisotopic (exact) mass is 310 g/mol. The summed E-state index contributed by atoms with van der Waals surface area (Å²) in [4.78, 5) is 27.6. The third kappa shape index (κ3) is 4.54. The van der Waals surface area contributed by atoms with E-state index in [-0.39, 0.29) is 18.4 Å². The third-order valence-corrected chi connectivity index (χ3v) is 4.60. The van der Waals surface area contributed by atoms with E-state index in [4.69, 9.17) is 4.74 Å². The summed E-state index contributed by atoms with van der Waals surface area (Å²) in [6.07, 6.45) is 1.00. The van der Waals surface area contributed by atoms with Crippen LogP contribution in [-0.2, 0) is 9.53 Å². The summed E-state index contributed by atoms with van der Waals surface area (Å²) >= 11 is 1.43. The molecule has 1 N–H and O–H groups in total. The Kier molecular flexibility index (Phi) is 5.76. The van der Waals surface area contributed by atoms with Crippen LogP contribution in [0.4, 0.5) is 0 Å². The summed E-state index contributed by atoms with van der Waals surface area (Å²) in [5, 5.41) is 2.70. The summed E-state index contributed by atoms with van der Waals surface area (Å²) in [5.74, 6) is 0.206. The van der Waals surface area contributed by atoms with Crippen LogP contribution in [0.2, 0.25) is 0 Å². The average Bonchev–Trinajstić information content (AvgIpc) is 3.13. The summed E-state index contributed by atoms with van der Waals surface area (Å²) < 4.78 is 5.33. The Morgan fingerprint density at radius 1 is 1.48 bits per heavy atom. The number of amides is 2. The summed E-state index contributed by atoms with van der Waals surface area (Å²) in [6, 6.07) is 3.69. The lowest BCUT2D eigenvalue weighted by Crippen LogP contribution is -2.42. The molecule has 0 radical (unpaired) electrons. The lowest BCUT2D eigenvalue weighted by atomic mass is 10.1. The first-order valence-corrected chi connectivity index (χ1v) is 8.12. The molecule has 0 spiro atoms. The molecule has 1 fully saturated rings. The predicted octanol–water partition coefficient (Wildman–Crippen LogP) is 1.67. The first-order chi connectivity index (χ1) is 10.1. The van der Waals surface area contributed by atoms with Gasteiger partial charge in [0.25, 0.3) is 5.91 Å². The molecule has 1 unspecified atom stereocenters. The number of aryl methyl sites for hydroxylation is 1. The fraction of sp³-hybridized carbons (Fsp3) is 0.600. The Bertz CT molecular complexity index is 495. The molecule has 116 valence electrons. The van der Waals surface area contributed by atoms with Crippen LogP contribution in [0.5, 0.6) is 0 Å². The molecule has 0 bridgehead atoms. The Morgan fingerprint density at radius 3 is 2.86 bits per heavy atom. The number of hydrogen-bond acceptors (Lipinski definition) is 4. The SMILES string of the molecule is CCN(CC1CCOC1)C(=O)CNC(=O)c1ccc(C)s1. The van der Waals surface area contributed by atoms with Gasteiger partial charge in [0.1, 0.15) is 0 Å². The van der Waals surface area contributed by atoms with Crippen molar-refractivity contribution in [1.29, 1.82) is 0 Å². The van der Waals surface area contributed by atoms with Crippen LogP contribution in [0, 0.1) is 12.8 Å². The van der Waals surface area contributed by atoms with Crippen molar-refractivity contribution in [1.82, 2.24) is 10.2 Å². The number of rotatable bonds is 6. The summed E-state index contributed by atoms with van der Waals surface area (Å²) in [7, 11) is 0. The van der Waals surface area contributed by atoms with Crippen LogP contribution < -0.4 is 5.32 Å². The lowest BCUT2D eigenvalue weighted by Gasteiger charge is -2.23. The van der Waals surface area contributed by atoms with Gasteiger partial charge in [0, 0.05) is 30.5 Å². The molecule has 5 nitrogen and oxygen atoms in total. The highest BCUT2D eigenvalue weighted by molar-refractivity contribution is 7.13. The molecule has 2 rings (SSSR count). The maximum atomic E-state index is 12.2. The van der Waals surface area contributed by atoms with E-state index < -0.39 is 0 Å². The number of thiophene rings is 1. The van der Waals surface area contributed by atoms with Gasteiger partial charge in [-0.15, -0.1) is 11.3 Å². The van der Waals surface area contributed by atoms with E-state index in [0.717, 1.165) is 24.5 Å². The van der Waals surface area contributed by atoms with Gasteiger partial charge in [0.05, 0.1) is 18.0 Å². The number of hydrogen-bond donors (Lipinski definition) is 1. The number of carbonyl (C=O) groups excluding carboxylic acids is 2. The van der Waals surface area contributed by atoms with Gasteiger partial charge >= 0.3 is 0 Å². The van der Waals surface area contributed by atoms with Gasteiger partial charge in [-0.3, -0.25) is 9.59 Å². The van der Waals surface area contributed by atoms with Gasteiger partial charge in [-0.1, -0.05) is 0 Å². The number of ether oxygens (including phenoxy) is 1. The highest BCUT2D eigenvalue weighted by Gasteiger charge is 2.21. The van der Waals surface area contributed by atoms with E-state index in [1.54, 1.807) is 11.0 Å². The van der Waals surface area contributed by atoms with Gasteiger partial charge in [-0.25, -0.2) is 0 Å². The molecule has 1 aromatic rings. The molecule has 1 aliphatic heterocycles. The zero-order chi connectivity index (χ0) is 15.2. The van der Waals surface area contributed by atoms with Gasteiger partial charge in [0.15, 0.2) is 0 Å². The second-order valence-electron chi connectivity index (χ2n) is 5.25. The summed E-state index contributed by atoms with van der Waals surface area (Å²) in [5.41, 5.74) is 0. The zero-order valence-corrected chi connectivity index (χ0v) is 13.4. The van der Waals surface area contributed by atoms with Crippen molar-refractivity contribution in [3.63, 3.8) is 0 Å². The third-order valence-electron chi connectivity index (χ3n) is 3.60. The van der Waals surface area contributed by atoms with Crippen molar-refractivity contribution in [2.45, 2.75) is 20.3 Å². The topological polar surface area (TPSA) is 58.6 Å². The van der Waals surface area contributed by atoms with Crippen molar-refractivity contribution in [2.75, 3.05) is 32.8 Å². The molecular formula is C15H22N2O3S. The van der Waals surface area contributed by atoms with Crippen LogP contribution in [0.3, 0.4) is 0 Å². The molecule has 2 heterocycles. The van der Waals surface area contributed by atoms with Gasteiger partial charge in [-0.05, 0) is 32.4 Å². The second kappa shape index (κ2) is 7.56. The molecule has 1 aromatic heterocycles. The minimum Gasteiger partial charge on any atom is -0.381 e. The van der Waals surface area contributed by atoms with Crippen molar-refractivity contribution in [2.24, 2.45) is 5.92 Å². The molecule has 21 heavy (non-hydrogen) atoms. The van der Waals surface area contributed by atoms with Crippen molar-refractivity contribution >= 4 is 23.2 Å². The molecule has 0 saturated carbocycles. The second-order valence-corrected chi connectivity index (χ2v) is 6.54. The van der Waals surface area contributed by atoms with E-state index in [1.807, 2.05) is 19.9 Å². The number of nitrogens with one attached hydrogen (secondary N) is 1. The van der Waals surface area contributed by atoms with Crippen LogP contribution in [0.15, 0.2) is 12.1 Å². The van der Waals surface area contributed by atoms with Crippen LogP contribution in [0.1, 0.15) is 27.9 Å². The predicted molar refractivity (Wildman–Crippen MR) is 82.6 cm³/mol. The van der Waals surface area contributed by atoms with Crippen molar-refractivity contribution < 1.29 is 14.3 Å². The standard InChI is InChI=1S/C15H22N2O3S/c1-3-17(9-12-6-7-20-10-12)14(18)8-16-15(19)13-5-4-11(2)21-13/h4-5,12H,3,6-10H2,1-2H3,(H,16,19). The lowest BCUT2D eigenvalue weighted by molar-refractivity contribution is -0.130.